The fourth-order valence-electron chi connectivity index (χ4n) is 3.08. The molecule has 0 bridgehead atoms. The molecular formula is C19H15FN2O5. The van der Waals surface area contributed by atoms with Gasteiger partial charge in [0.15, 0.2) is 0 Å². The quantitative estimate of drug-likeness (QED) is 0.770. The standard InChI is InChI=1S/C19H15FN2O5/c20-15-11-12(5-6-16(15)21-7-9-26-10-8-21)19(25)27-22-17(23)13-3-1-2-4-14(13)18(22)24/h1-6,11H,7-10H2. The first-order valence-corrected chi connectivity index (χ1v) is 8.38. The maximum Gasteiger partial charge on any atom is 0.364 e. The van der Waals surface area contributed by atoms with Crippen LogP contribution in [0.3, 0.4) is 0 Å². The topological polar surface area (TPSA) is 76.2 Å². The van der Waals surface area contributed by atoms with Crippen LogP contribution in [0.4, 0.5) is 10.1 Å². The van der Waals surface area contributed by atoms with Gasteiger partial charge in [-0.15, -0.1) is 0 Å². The van der Waals surface area contributed by atoms with Gasteiger partial charge in [-0.2, -0.15) is 0 Å². The number of amides is 2. The zero-order valence-electron chi connectivity index (χ0n) is 14.2. The Labute approximate surface area is 153 Å². The maximum atomic E-state index is 14.4. The lowest BCUT2D eigenvalue weighted by Crippen LogP contribution is -2.36. The van der Waals surface area contributed by atoms with Crippen LogP contribution < -0.4 is 4.90 Å². The first-order chi connectivity index (χ1) is 13.1. The molecule has 2 amide bonds. The highest BCUT2D eigenvalue weighted by atomic mass is 19.1. The van der Waals surface area contributed by atoms with Gasteiger partial charge in [0.25, 0.3) is 11.8 Å². The van der Waals surface area contributed by atoms with Crippen molar-refractivity contribution in [2.24, 2.45) is 0 Å². The number of hydroxylamine groups is 2. The van der Waals surface area contributed by atoms with Crippen molar-refractivity contribution in [2.45, 2.75) is 0 Å². The lowest BCUT2D eigenvalue weighted by atomic mass is 10.1. The summed E-state index contributed by atoms with van der Waals surface area (Å²) in [6, 6.07) is 10.1. The van der Waals surface area contributed by atoms with E-state index >= 15 is 0 Å². The fraction of sp³-hybridized carbons (Fsp3) is 0.211. The van der Waals surface area contributed by atoms with E-state index < -0.39 is 23.6 Å². The summed E-state index contributed by atoms with van der Waals surface area (Å²) >= 11 is 0. The van der Waals surface area contributed by atoms with E-state index in [1.807, 2.05) is 4.90 Å². The number of rotatable bonds is 3. The molecule has 2 aliphatic rings. The normalized spacial score (nSPS) is 16.5. The van der Waals surface area contributed by atoms with Gasteiger partial charge in [0.1, 0.15) is 5.82 Å². The average Bonchev–Trinajstić information content (AvgIpc) is 2.94. The van der Waals surface area contributed by atoms with Gasteiger partial charge < -0.3 is 14.5 Å². The minimum atomic E-state index is -0.989. The number of anilines is 1. The highest BCUT2D eigenvalue weighted by Gasteiger charge is 2.38. The maximum absolute atomic E-state index is 14.4. The van der Waals surface area contributed by atoms with E-state index in [-0.39, 0.29) is 16.7 Å². The molecule has 0 atom stereocenters. The number of hydrogen-bond acceptors (Lipinski definition) is 6. The molecule has 0 N–H and O–H groups in total. The van der Waals surface area contributed by atoms with Gasteiger partial charge in [0.2, 0.25) is 0 Å². The van der Waals surface area contributed by atoms with Crippen LogP contribution in [-0.2, 0) is 9.57 Å². The molecule has 138 valence electrons. The minimum absolute atomic E-state index is 0.0962. The van der Waals surface area contributed by atoms with Crippen LogP contribution in [-0.4, -0.2) is 49.2 Å². The second-order valence-electron chi connectivity index (χ2n) is 6.09. The number of nitrogens with zero attached hydrogens (tertiary/aromatic N) is 2. The number of benzene rings is 2. The molecule has 0 spiro atoms. The average molecular weight is 370 g/mol. The molecule has 0 aliphatic carbocycles. The van der Waals surface area contributed by atoms with Crippen molar-refractivity contribution in [3.8, 4) is 0 Å². The zero-order chi connectivity index (χ0) is 19.0. The number of fused-ring (bicyclic) bond motifs is 1. The van der Waals surface area contributed by atoms with E-state index in [4.69, 9.17) is 9.57 Å². The summed E-state index contributed by atoms with van der Waals surface area (Å²) in [7, 11) is 0. The Kier molecular flexibility index (Phi) is 4.33. The Morgan fingerprint density at radius 2 is 1.63 bits per heavy atom. The van der Waals surface area contributed by atoms with Gasteiger partial charge in [-0.3, -0.25) is 9.59 Å². The van der Waals surface area contributed by atoms with Crippen molar-refractivity contribution in [1.82, 2.24) is 5.06 Å². The molecule has 1 fully saturated rings. The molecule has 2 aromatic rings. The summed E-state index contributed by atoms with van der Waals surface area (Å²) in [6.45, 7) is 2.11. The molecule has 0 unspecified atom stereocenters. The van der Waals surface area contributed by atoms with E-state index in [2.05, 4.69) is 0 Å². The number of halogens is 1. The second kappa shape index (κ2) is 6.81. The first-order valence-electron chi connectivity index (χ1n) is 8.38. The number of ether oxygens (including phenoxy) is 1. The summed E-state index contributed by atoms with van der Waals surface area (Å²) in [5.41, 5.74) is 0.574. The number of carbonyl (C=O) groups is 3. The number of carbonyl (C=O) groups excluding carboxylic acids is 3. The monoisotopic (exact) mass is 370 g/mol. The second-order valence-corrected chi connectivity index (χ2v) is 6.09. The molecule has 27 heavy (non-hydrogen) atoms. The summed E-state index contributed by atoms with van der Waals surface area (Å²) in [5.74, 6) is -3.03. The van der Waals surface area contributed by atoms with E-state index in [0.29, 0.717) is 37.1 Å². The Morgan fingerprint density at radius 3 is 2.22 bits per heavy atom. The molecule has 2 heterocycles. The Hall–Kier alpha value is -3.26. The van der Waals surface area contributed by atoms with Gasteiger partial charge >= 0.3 is 5.97 Å². The highest BCUT2D eigenvalue weighted by molar-refractivity contribution is 6.21. The predicted molar refractivity (Wildman–Crippen MR) is 91.8 cm³/mol. The third kappa shape index (κ3) is 3.04. The number of morpholine rings is 1. The molecule has 4 rings (SSSR count). The van der Waals surface area contributed by atoms with Crippen molar-refractivity contribution < 1.29 is 28.3 Å². The molecule has 2 aromatic carbocycles. The van der Waals surface area contributed by atoms with E-state index in [1.165, 1.54) is 24.3 Å². The van der Waals surface area contributed by atoms with Crippen LogP contribution in [0.2, 0.25) is 0 Å². The Morgan fingerprint density at radius 1 is 1.00 bits per heavy atom. The third-order valence-corrected chi connectivity index (χ3v) is 4.47. The summed E-state index contributed by atoms with van der Waals surface area (Å²) < 4.78 is 19.7. The predicted octanol–water partition coefficient (Wildman–Crippen LogP) is 2.03. The van der Waals surface area contributed by atoms with Crippen LogP contribution in [0.15, 0.2) is 42.5 Å². The molecule has 1 saturated heterocycles. The van der Waals surface area contributed by atoms with Crippen molar-refractivity contribution >= 4 is 23.5 Å². The largest absolute Gasteiger partial charge is 0.378 e. The van der Waals surface area contributed by atoms with Gasteiger partial charge in [0.05, 0.1) is 35.6 Å². The molecule has 0 radical (unpaired) electrons. The van der Waals surface area contributed by atoms with Crippen molar-refractivity contribution in [3.05, 3.63) is 65.0 Å². The van der Waals surface area contributed by atoms with Gasteiger partial charge in [-0.1, -0.05) is 17.2 Å². The van der Waals surface area contributed by atoms with Crippen LogP contribution in [0.5, 0.6) is 0 Å². The van der Waals surface area contributed by atoms with E-state index in [9.17, 15) is 18.8 Å². The molecule has 0 aromatic heterocycles. The Balaban J connectivity index is 1.51. The summed E-state index contributed by atoms with van der Waals surface area (Å²) in [6.07, 6.45) is 0. The summed E-state index contributed by atoms with van der Waals surface area (Å²) in [4.78, 5) is 43.5. The van der Waals surface area contributed by atoms with Gasteiger partial charge in [-0.25, -0.2) is 9.18 Å². The zero-order valence-corrected chi connectivity index (χ0v) is 14.2. The van der Waals surface area contributed by atoms with Crippen LogP contribution in [0.25, 0.3) is 0 Å². The minimum Gasteiger partial charge on any atom is -0.378 e. The Bertz CT molecular complexity index is 904. The smallest absolute Gasteiger partial charge is 0.364 e. The van der Waals surface area contributed by atoms with Crippen molar-refractivity contribution in [3.63, 3.8) is 0 Å². The highest BCUT2D eigenvalue weighted by Crippen LogP contribution is 2.25. The van der Waals surface area contributed by atoms with Crippen LogP contribution in [0.1, 0.15) is 31.1 Å². The lowest BCUT2D eigenvalue weighted by molar-refractivity contribution is -0.0584. The van der Waals surface area contributed by atoms with Crippen molar-refractivity contribution in [1.29, 1.82) is 0 Å². The summed E-state index contributed by atoms with van der Waals surface area (Å²) in [5, 5.41) is 0.404. The molecule has 8 heteroatoms. The van der Waals surface area contributed by atoms with Gasteiger partial charge in [0, 0.05) is 13.1 Å². The van der Waals surface area contributed by atoms with Crippen LogP contribution >= 0.6 is 0 Å². The van der Waals surface area contributed by atoms with Crippen LogP contribution in [0, 0.1) is 5.82 Å². The number of imide groups is 1. The molecule has 7 nitrogen and oxygen atoms in total. The van der Waals surface area contributed by atoms with E-state index in [0.717, 1.165) is 6.07 Å². The first kappa shape index (κ1) is 17.2. The third-order valence-electron chi connectivity index (χ3n) is 4.47. The lowest BCUT2D eigenvalue weighted by Gasteiger charge is -2.29. The van der Waals surface area contributed by atoms with E-state index in [1.54, 1.807) is 12.1 Å². The van der Waals surface area contributed by atoms with Crippen molar-refractivity contribution in [2.75, 3.05) is 31.2 Å². The molecular weight excluding hydrogens is 355 g/mol. The fourth-order valence-corrected chi connectivity index (χ4v) is 3.08. The number of hydrogen-bond donors (Lipinski definition) is 0. The SMILES string of the molecule is O=C(ON1C(=O)c2ccccc2C1=O)c1ccc(N2CCOCC2)c(F)c1. The van der Waals surface area contributed by atoms with Gasteiger partial charge in [-0.05, 0) is 30.3 Å². The molecule has 0 saturated carbocycles. The molecule has 2 aliphatic heterocycles.